The van der Waals surface area contributed by atoms with E-state index in [2.05, 4.69) is 40.3 Å². The molecule has 2 aromatic rings. The van der Waals surface area contributed by atoms with Crippen LogP contribution in [0.3, 0.4) is 0 Å². The first-order valence-corrected chi connectivity index (χ1v) is 10.1. The number of ether oxygens (including phenoxy) is 1. The highest BCUT2D eigenvalue weighted by Crippen LogP contribution is 2.19. The Morgan fingerprint density at radius 2 is 2.11 bits per heavy atom. The smallest absolute Gasteiger partial charge is 0.221 e. The minimum Gasteiger partial charge on any atom is -0.379 e. The molecule has 8 heteroatoms. The monoisotopic (exact) mass is 403 g/mol. The maximum atomic E-state index is 12.4. The predicted octanol–water partition coefficient (Wildman–Crippen LogP) is 2.53. The average Bonchev–Trinajstić information content (AvgIpc) is 3.06. The lowest BCUT2D eigenvalue weighted by Crippen LogP contribution is -2.55. The van der Waals surface area contributed by atoms with E-state index in [1.54, 1.807) is 0 Å². The summed E-state index contributed by atoms with van der Waals surface area (Å²) in [6.07, 6.45) is 0.353. The lowest BCUT2D eigenvalue weighted by Gasteiger charge is -2.40. The van der Waals surface area contributed by atoms with Crippen LogP contribution in [0.5, 0.6) is 0 Å². The summed E-state index contributed by atoms with van der Waals surface area (Å²) < 4.78 is 7.83. The van der Waals surface area contributed by atoms with Crippen LogP contribution in [0.2, 0.25) is 0 Å². The molecule has 1 aromatic carbocycles. The van der Waals surface area contributed by atoms with Crippen molar-refractivity contribution in [1.82, 2.24) is 25.0 Å². The molecular weight excluding hydrogens is 374 g/mol. The van der Waals surface area contributed by atoms with E-state index < -0.39 is 0 Å². The fourth-order valence-corrected chi connectivity index (χ4v) is 3.65. The molecule has 1 aliphatic rings. The first-order chi connectivity index (χ1) is 13.4. The fraction of sp³-hybridized carbons (Fsp3) is 0.550. The number of aryl methyl sites for hydroxylation is 1. The van der Waals surface area contributed by atoms with Crippen LogP contribution in [-0.4, -0.2) is 64.0 Å². The minimum atomic E-state index is -0.0991. The van der Waals surface area contributed by atoms with E-state index in [1.165, 1.54) is 0 Å². The summed E-state index contributed by atoms with van der Waals surface area (Å²) in [6, 6.07) is 8.09. The molecule has 1 amide bonds. The highest BCUT2D eigenvalue weighted by Gasteiger charge is 2.28. The summed E-state index contributed by atoms with van der Waals surface area (Å²) in [5.74, 6) is 0.773. The van der Waals surface area contributed by atoms with Crippen LogP contribution in [0.15, 0.2) is 24.3 Å². The van der Waals surface area contributed by atoms with Crippen LogP contribution >= 0.6 is 12.2 Å². The highest BCUT2D eigenvalue weighted by molar-refractivity contribution is 7.71. The zero-order chi connectivity index (χ0) is 20.1. The second-order valence-corrected chi connectivity index (χ2v) is 8.20. The first-order valence-electron chi connectivity index (χ1n) is 9.68. The van der Waals surface area contributed by atoms with Gasteiger partial charge in [0.2, 0.25) is 5.91 Å². The minimum absolute atomic E-state index is 0.0135. The van der Waals surface area contributed by atoms with Gasteiger partial charge in [0, 0.05) is 43.7 Å². The van der Waals surface area contributed by atoms with Crippen molar-refractivity contribution >= 4 is 18.1 Å². The normalized spacial score (nSPS) is 15.5. The van der Waals surface area contributed by atoms with E-state index in [1.807, 2.05) is 29.7 Å². The van der Waals surface area contributed by atoms with Crippen molar-refractivity contribution in [2.45, 2.75) is 39.3 Å². The second kappa shape index (κ2) is 8.98. The van der Waals surface area contributed by atoms with E-state index in [4.69, 9.17) is 17.0 Å². The summed E-state index contributed by atoms with van der Waals surface area (Å²) in [5.41, 5.74) is 2.04. The Bertz CT molecular complexity index is 867. The van der Waals surface area contributed by atoms with Crippen LogP contribution in [0.4, 0.5) is 0 Å². The molecule has 0 unspecified atom stereocenters. The van der Waals surface area contributed by atoms with Gasteiger partial charge in [-0.05, 0) is 39.1 Å². The third-order valence-electron chi connectivity index (χ3n) is 5.18. The van der Waals surface area contributed by atoms with Crippen molar-refractivity contribution in [1.29, 1.82) is 0 Å². The third-order valence-corrected chi connectivity index (χ3v) is 5.49. The van der Waals surface area contributed by atoms with Crippen LogP contribution in [0, 0.1) is 11.7 Å². The zero-order valence-corrected chi connectivity index (χ0v) is 17.6. The van der Waals surface area contributed by atoms with Gasteiger partial charge in [0.05, 0.1) is 13.2 Å². The molecule has 3 rings (SSSR count). The Balaban J connectivity index is 1.58. The van der Waals surface area contributed by atoms with Gasteiger partial charge >= 0.3 is 0 Å². The molecule has 7 nitrogen and oxygen atoms in total. The summed E-state index contributed by atoms with van der Waals surface area (Å²) in [7, 11) is 0. The van der Waals surface area contributed by atoms with Crippen molar-refractivity contribution < 1.29 is 9.53 Å². The number of hydrogen-bond acceptors (Lipinski definition) is 5. The van der Waals surface area contributed by atoms with Gasteiger partial charge in [-0.2, -0.15) is 5.10 Å². The molecule has 0 bridgehead atoms. The molecule has 1 aromatic heterocycles. The SMILES string of the molecule is Cc1cccc(-c2n[nH]c(=S)n2CCC(=O)NCC(C)(C)N2CCOCC2)c1. The largest absolute Gasteiger partial charge is 0.379 e. The quantitative estimate of drug-likeness (QED) is 0.695. The van der Waals surface area contributed by atoms with Crippen LogP contribution in [0.1, 0.15) is 25.8 Å². The summed E-state index contributed by atoms with van der Waals surface area (Å²) in [5, 5.41) is 10.3. The molecule has 0 saturated carbocycles. The number of aromatic nitrogens is 3. The van der Waals surface area contributed by atoms with Crippen LogP contribution in [-0.2, 0) is 16.1 Å². The lowest BCUT2D eigenvalue weighted by atomic mass is 10.0. The third kappa shape index (κ3) is 5.06. The van der Waals surface area contributed by atoms with Gasteiger partial charge in [0.1, 0.15) is 0 Å². The first kappa shape index (κ1) is 20.7. The van der Waals surface area contributed by atoms with Gasteiger partial charge in [-0.3, -0.25) is 19.4 Å². The van der Waals surface area contributed by atoms with E-state index in [9.17, 15) is 4.79 Å². The lowest BCUT2D eigenvalue weighted by molar-refractivity contribution is -0.122. The second-order valence-electron chi connectivity index (χ2n) is 7.81. The van der Waals surface area contributed by atoms with Gasteiger partial charge in [0.25, 0.3) is 0 Å². The Morgan fingerprint density at radius 3 is 2.82 bits per heavy atom. The van der Waals surface area contributed by atoms with Crippen molar-refractivity contribution in [3.63, 3.8) is 0 Å². The summed E-state index contributed by atoms with van der Waals surface area (Å²) in [4.78, 5) is 14.8. The number of H-pyrrole nitrogens is 1. The molecule has 0 aliphatic carbocycles. The topological polar surface area (TPSA) is 75.2 Å². The van der Waals surface area contributed by atoms with Crippen molar-refractivity contribution in [3.8, 4) is 11.4 Å². The fourth-order valence-electron chi connectivity index (χ4n) is 3.43. The molecule has 1 saturated heterocycles. The van der Waals surface area contributed by atoms with E-state index in [-0.39, 0.29) is 11.4 Å². The molecule has 2 N–H and O–H groups in total. The molecular formula is C20H29N5O2S. The molecule has 152 valence electrons. The summed E-state index contributed by atoms with van der Waals surface area (Å²) >= 11 is 5.36. The number of nitrogens with zero attached hydrogens (tertiary/aromatic N) is 3. The van der Waals surface area contributed by atoms with Gasteiger partial charge in [-0.25, -0.2) is 0 Å². The number of morpholine rings is 1. The van der Waals surface area contributed by atoms with E-state index in [0.29, 0.717) is 24.3 Å². The zero-order valence-electron chi connectivity index (χ0n) is 16.8. The Hall–Kier alpha value is -2.03. The number of nitrogens with one attached hydrogen (secondary N) is 2. The maximum absolute atomic E-state index is 12.4. The Labute approximate surface area is 171 Å². The van der Waals surface area contributed by atoms with Crippen LogP contribution in [0.25, 0.3) is 11.4 Å². The number of carbonyl (C=O) groups excluding carboxylic acids is 1. The van der Waals surface area contributed by atoms with Crippen molar-refractivity contribution in [3.05, 3.63) is 34.6 Å². The molecule has 0 spiro atoms. The Morgan fingerprint density at radius 1 is 1.36 bits per heavy atom. The van der Waals surface area contributed by atoms with E-state index in [0.717, 1.165) is 43.3 Å². The van der Waals surface area contributed by atoms with Gasteiger partial charge in [-0.1, -0.05) is 23.8 Å². The molecule has 0 radical (unpaired) electrons. The number of benzene rings is 1. The molecule has 2 heterocycles. The number of amides is 1. The van der Waals surface area contributed by atoms with E-state index >= 15 is 0 Å². The van der Waals surface area contributed by atoms with Gasteiger partial charge in [-0.15, -0.1) is 0 Å². The summed E-state index contributed by atoms with van der Waals surface area (Å²) in [6.45, 7) is 10.7. The van der Waals surface area contributed by atoms with Gasteiger partial charge < -0.3 is 10.1 Å². The molecule has 0 atom stereocenters. The maximum Gasteiger partial charge on any atom is 0.221 e. The average molecular weight is 404 g/mol. The molecule has 1 fully saturated rings. The van der Waals surface area contributed by atoms with Gasteiger partial charge in [0.15, 0.2) is 10.6 Å². The number of rotatable bonds is 7. The Kier molecular flexibility index (Phi) is 6.64. The van der Waals surface area contributed by atoms with Crippen molar-refractivity contribution in [2.75, 3.05) is 32.8 Å². The standard InChI is InChI=1S/C20H29N5O2S/c1-15-5-4-6-16(13-15)18-22-23-19(28)25(18)8-7-17(26)21-14-20(2,3)24-9-11-27-12-10-24/h4-6,13H,7-12,14H2,1-3H3,(H,21,26)(H,23,28). The highest BCUT2D eigenvalue weighted by atomic mass is 32.1. The molecule has 1 aliphatic heterocycles. The van der Waals surface area contributed by atoms with Crippen LogP contribution < -0.4 is 5.32 Å². The van der Waals surface area contributed by atoms with Crippen molar-refractivity contribution in [2.24, 2.45) is 0 Å². The molecule has 28 heavy (non-hydrogen) atoms. The number of aromatic amines is 1. The predicted molar refractivity (Wildman–Crippen MR) is 112 cm³/mol. The number of hydrogen-bond donors (Lipinski definition) is 2. The number of carbonyl (C=O) groups is 1.